The van der Waals surface area contributed by atoms with Gasteiger partial charge in [-0.25, -0.2) is 16.8 Å². The standard InChI is InChI=1S/C20H22FN3O2S/c1-2-22-11-13-23(14-12-22)20-15-24(19-6-4-3-5-18(19)20)27(25,26)17-9-7-16(21)8-10-17/h3-10,15H,2,11-14H2,1H3. The van der Waals surface area contributed by atoms with E-state index in [9.17, 15) is 12.8 Å². The Bertz CT molecular complexity index is 1050. The minimum absolute atomic E-state index is 0.0759. The fourth-order valence-corrected chi connectivity index (χ4v) is 4.97. The zero-order valence-electron chi connectivity index (χ0n) is 15.2. The number of aromatic nitrogens is 1. The Balaban J connectivity index is 1.80. The number of benzene rings is 2. The van der Waals surface area contributed by atoms with Crippen LogP contribution in [0.3, 0.4) is 0 Å². The summed E-state index contributed by atoms with van der Waals surface area (Å²) in [6, 6.07) is 12.5. The third-order valence-electron chi connectivity index (χ3n) is 5.19. The molecule has 0 bridgehead atoms. The molecule has 7 heteroatoms. The Kier molecular flexibility index (Phi) is 4.65. The van der Waals surface area contributed by atoms with Crippen molar-refractivity contribution in [3.8, 4) is 0 Å². The highest BCUT2D eigenvalue weighted by Crippen LogP contribution is 2.32. The summed E-state index contributed by atoms with van der Waals surface area (Å²) in [5.41, 5.74) is 1.56. The summed E-state index contributed by atoms with van der Waals surface area (Å²) in [6.07, 6.45) is 1.70. The average Bonchev–Trinajstić information content (AvgIpc) is 3.09. The molecule has 3 aromatic rings. The van der Waals surface area contributed by atoms with Gasteiger partial charge in [0.15, 0.2) is 0 Å². The van der Waals surface area contributed by atoms with E-state index < -0.39 is 15.8 Å². The van der Waals surface area contributed by atoms with Crippen molar-refractivity contribution in [2.75, 3.05) is 37.6 Å². The highest BCUT2D eigenvalue weighted by atomic mass is 32.2. The second-order valence-electron chi connectivity index (χ2n) is 6.71. The van der Waals surface area contributed by atoms with Crippen LogP contribution in [0, 0.1) is 5.82 Å². The van der Waals surface area contributed by atoms with Crippen molar-refractivity contribution in [3.63, 3.8) is 0 Å². The van der Waals surface area contributed by atoms with Crippen LogP contribution in [-0.4, -0.2) is 50.0 Å². The van der Waals surface area contributed by atoms with Gasteiger partial charge in [0.25, 0.3) is 10.0 Å². The molecule has 1 aliphatic rings. The Morgan fingerprint density at radius 3 is 2.30 bits per heavy atom. The van der Waals surface area contributed by atoms with Gasteiger partial charge < -0.3 is 9.80 Å². The molecule has 5 nitrogen and oxygen atoms in total. The van der Waals surface area contributed by atoms with Gasteiger partial charge in [-0.3, -0.25) is 0 Å². The molecule has 1 aromatic heterocycles. The monoisotopic (exact) mass is 387 g/mol. The van der Waals surface area contributed by atoms with Gasteiger partial charge in [-0.15, -0.1) is 0 Å². The average molecular weight is 387 g/mol. The predicted molar refractivity (Wildman–Crippen MR) is 105 cm³/mol. The van der Waals surface area contributed by atoms with Crippen LogP contribution in [0.2, 0.25) is 0 Å². The van der Waals surface area contributed by atoms with Crippen LogP contribution < -0.4 is 4.90 Å². The SMILES string of the molecule is CCN1CCN(c2cn(S(=O)(=O)c3ccc(F)cc3)c3ccccc23)CC1. The maximum absolute atomic E-state index is 13.2. The Morgan fingerprint density at radius 1 is 0.963 bits per heavy atom. The number of fused-ring (bicyclic) bond motifs is 1. The molecule has 1 aliphatic heterocycles. The second kappa shape index (κ2) is 6.98. The van der Waals surface area contributed by atoms with E-state index in [0.717, 1.165) is 43.8 Å². The van der Waals surface area contributed by atoms with Crippen molar-refractivity contribution < 1.29 is 12.8 Å². The summed E-state index contributed by atoms with van der Waals surface area (Å²) < 4.78 is 40.9. The Labute approximate surface area is 158 Å². The van der Waals surface area contributed by atoms with Crippen LogP contribution in [0.15, 0.2) is 59.6 Å². The number of likely N-dealkylation sites (N-methyl/N-ethyl adjacent to an activating group) is 1. The van der Waals surface area contributed by atoms with Crippen molar-refractivity contribution in [2.24, 2.45) is 0 Å². The highest BCUT2D eigenvalue weighted by molar-refractivity contribution is 7.90. The first-order valence-corrected chi connectivity index (χ1v) is 10.5. The second-order valence-corrected chi connectivity index (χ2v) is 8.52. The van der Waals surface area contributed by atoms with E-state index in [-0.39, 0.29) is 4.90 Å². The van der Waals surface area contributed by atoms with E-state index in [4.69, 9.17) is 0 Å². The molecule has 27 heavy (non-hydrogen) atoms. The molecule has 0 atom stereocenters. The van der Waals surface area contributed by atoms with Gasteiger partial charge in [0, 0.05) is 37.8 Å². The van der Waals surface area contributed by atoms with Gasteiger partial charge in [-0.05, 0) is 36.9 Å². The van der Waals surface area contributed by atoms with Crippen LogP contribution in [-0.2, 0) is 10.0 Å². The van der Waals surface area contributed by atoms with Crippen molar-refractivity contribution in [1.29, 1.82) is 0 Å². The maximum atomic E-state index is 13.2. The number of rotatable bonds is 4. The third-order valence-corrected chi connectivity index (χ3v) is 6.88. The Morgan fingerprint density at radius 2 is 1.63 bits per heavy atom. The normalized spacial score (nSPS) is 16.1. The van der Waals surface area contributed by atoms with Crippen LogP contribution in [0.1, 0.15) is 6.92 Å². The van der Waals surface area contributed by atoms with Crippen molar-refractivity contribution >= 4 is 26.6 Å². The molecule has 0 radical (unpaired) electrons. The van der Waals surface area contributed by atoms with Crippen LogP contribution in [0.4, 0.5) is 10.1 Å². The first-order valence-electron chi connectivity index (χ1n) is 9.09. The summed E-state index contributed by atoms with van der Waals surface area (Å²) in [5.74, 6) is -0.458. The highest BCUT2D eigenvalue weighted by Gasteiger charge is 2.25. The molecule has 1 fully saturated rings. The maximum Gasteiger partial charge on any atom is 0.268 e. The lowest BCUT2D eigenvalue weighted by Gasteiger charge is -2.35. The van der Waals surface area contributed by atoms with Gasteiger partial charge in [0.2, 0.25) is 0 Å². The van der Waals surface area contributed by atoms with Crippen molar-refractivity contribution in [1.82, 2.24) is 8.87 Å². The van der Waals surface area contributed by atoms with E-state index >= 15 is 0 Å². The molecule has 142 valence electrons. The summed E-state index contributed by atoms with van der Waals surface area (Å²) in [5, 5.41) is 0.910. The van der Waals surface area contributed by atoms with Crippen LogP contribution >= 0.6 is 0 Å². The topological polar surface area (TPSA) is 45.5 Å². The van der Waals surface area contributed by atoms with Gasteiger partial charge in [0.05, 0.1) is 16.1 Å². The zero-order chi connectivity index (χ0) is 19.0. The lowest BCUT2D eigenvalue weighted by molar-refractivity contribution is 0.271. The Hall–Kier alpha value is -2.38. The molecule has 2 heterocycles. The van der Waals surface area contributed by atoms with E-state index in [0.29, 0.717) is 5.52 Å². The number of halogens is 1. The number of hydrogen-bond acceptors (Lipinski definition) is 4. The van der Waals surface area contributed by atoms with Crippen molar-refractivity contribution in [2.45, 2.75) is 11.8 Å². The minimum Gasteiger partial charge on any atom is -0.367 e. The fourth-order valence-electron chi connectivity index (χ4n) is 3.61. The minimum atomic E-state index is -3.80. The lowest BCUT2D eigenvalue weighted by atomic mass is 10.2. The number of hydrogen-bond donors (Lipinski definition) is 0. The first-order chi connectivity index (χ1) is 13.0. The van der Waals surface area contributed by atoms with E-state index in [2.05, 4.69) is 16.7 Å². The summed E-state index contributed by atoms with van der Waals surface area (Å²) in [7, 11) is -3.80. The van der Waals surface area contributed by atoms with Crippen LogP contribution in [0.5, 0.6) is 0 Å². The smallest absolute Gasteiger partial charge is 0.268 e. The lowest BCUT2D eigenvalue weighted by Crippen LogP contribution is -2.46. The number of para-hydroxylation sites is 1. The largest absolute Gasteiger partial charge is 0.367 e. The molecular weight excluding hydrogens is 365 g/mol. The number of nitrogens with zero attached hydrogens (tertiary/aromatic N) is 3. The molecule has 2 aromatic carbocycles. The predicted octanol–water partition coefficient (Wildman–Crippen LogP) is 3.16. The fraction of sp³-hybridized carbons (Fsp3) is 0.300. The number of piperazine rings is 1. The summed E-state index contributed by atoms with van der Waals surface area (Å²) in [6.45, 7) is 6.81. The van der Waals surface area contributed by atoms with E-state index in [1.165, 1.54) is 28.2 Å². The quantitative estimate of drug-likeness (QED) is 0.690. The molecule has 4 rings (SSSR count). The molecule has 0 saturated carbocycles. The van der Waals surface area contributed by atoms with Gasteiger partial charge in [0.1, 0.15) is 5.82 Å². The molecule has 0 N–H and O–H groups in total. The zero-order valence-corrected chi connectivity index (χ0v) is 16.0. The summed E-state index contributed by atoms with van der Waals surface area (Å²) in [4.78, 5) is 4.70. The third kappa shape index (κ3) is 3.21. The molecule has 0 unspecified atom stereocenters. The van der Waals surface area contributed by atoms with Gasteiger partial charge in [-0.2, -0.15) is 0 Å². The van der Waals surface area contributed by atoms with Gasteiger partial charge in [-0.1, -0.05) is 25.1 Å². The first kappa shape index (κ1) is 18.0. The number of anilines is 1. The summed E-state index contributed by atoms with van der Waals surface area (Å²) >= 11 is 0. The van der Waals surface area contributed by atoms with Gasteiger partial charge >= 0.3 is 0 Å². The molecule has 0 aliphatic carbocycles. The molecular formula is C20H22FN3O2S. The van der Waals surface area contributed by atoms with Crippen LogP contribution in [0.25, 0.3) is 10.9 Å². The van der Waals surface area contributed by atoms with E-state index in [1.807, 2.05) is 24.3 Å². The molecule has 0 spiro atoms. The molecule has 0 amide bonds. The van der Waals surface area contributed by atoms with E-state index in [1.54, 1.807) is 6.20 Å². The van der Waals surface area contributed by atoms with Crippen molar-refractivity contribution in [3.05, 3.63) is 60.5 Å². The molecule has 1 saturated heterocycles.